The first-order chi connectivity index (χ1) is 9.15. The Kier molecular flexibility index (Phi) is 4.22. The molecule has 0 aliphatic carbocycles. The monoisotopic (exact) mass is 263 g/mol. The summed E-state index contributed by atoms with van der Waals surface area (Å²) in [6.07, 6.45) is 1.41. The smallest absolute Gasteiger partial charge is 0.271 e. The second-order valence-corrected chi connectivity index (χ2v) is 4.71. The van der Waals surface area contributed by atoms with E-state index in [0.29, 0.717) is 30.4 Å². The van der Waals surface area contributed by atoms with Crippen LogP contribution in [0.1, 0.15) is 35.9 Å². The number of aromatic nitrogens is 6. The van der Waals surface area contributed by atoms with Gasteiger partial charge < -0.3 is 5.32 Å². The van der Waals surface area contributed by atoms with E-state index in [1.165, 1.54) is 0 Å². The maximum Gasteiger partial charge on any atom is 0.271 e. The topological polar surface area (TPSA) is 112 Å². The van der Waals surface area contributed by atoms with Crippen molar-refractivity contribution in [1.82, 2.24) is 36.1 Å². The Bertz CT molecular complexity index is 517. The van der Waals surface area contributed by atoms with Crippen molar-refractivity contribution >= 4 is 5.91 Å². The van der Waals surface area contributed by atoms with Crippen molar-refractivity contribution in [2.24, 2.45) is 5.92 Å². The lowest BCUT2D eigenvalue weighted by Gasteiger charge is -2.00. The molecule has 0 saturated heterocycles. The summed E-state index contributed by atoms with van der Waals surface area (Å²) in [4.78, 5) is 11.8. The van der Waals surface area contributed by atoms with Gasteiger partial charge in [0.05, 0.1) is 0 Å². The number of H-pyrrole nitrogens is 2. The Morgan fingerprint density at radius 2 is 2.26 bits per heavy atom. The van der Waals surface area contributed by atoms with Gasteiger partial charge in [-0.15, -0.1) is 10.2 Å². The Hall–Kier alpha value is -2.25. The fourth-order valence-electron chi connectivity index (χ4n) is 1.69. The number of tetrazole rings is 1. The average molecular weight is 263 g/mol. The molecule has 2 aromatic rings. The van der Waals surface area contributed by atoms with E-state index in [9.17, 15) is 4.79 Å². The van der Waals surface area contributed by atoms with Crippen molar-refractivity contribution in [3.63, 3.8) is 0 Å². The van der Waals surface area contributed by atoms with Crippen molar-refractivity contribution < 1.29 is 4.79 Å². The second-order valence-electron chi connectivity index (χ2n) is 4.71. The number of hydrogen-bond acceptors (Lipinski definition) is 5. The van der Waals surface area contributed by atoms with E-state index in [-0.39, 0.29) is 5.91 Å². The molecule has 0 fully saturated rings. The van der Waals surface area contributed by atoms with E-state index in [0.717, 1.165) is 12.1 Å². The van der Waals surface area contributed by atoms with E-state index in [2.05, 4.69) is 50.0 Å². The van der Waals surface area contributed by atoms with Crippen LogP contribution in [0.4, 0.5) is 0 Å². The van der Waals surface area contributed by atoms with Crippen LogP contribution in [0.25, 0.3) is 0 Å². The third-order valence-corrected chi connectivity index (χ3v) is 2.52. The summed E-state index contributed by atoms with van der Waals surface area (Å²) in [5.74, 6) is 0.896. The molecule has 2 rings (SSSR count). The standard InChI is InChI=1S/C11H17N7O/c1-7(2)5-8-6-9(14-13-8)11(19)12-4-3-10-15-17-18-16-10/h6-7H,3-5H2,1-2H3,(H,12,19)(H,13,14)(H,15,16,17,18). The van der Waals surface area contributed by atoms with E-state index in [1.54, 1.807) is 6.07 Å². The first kappa shape index (κ1) is 13.2. The highest BCUT2D eigenvalue weighted by molar-refractivity contribution is 5.92. The van der Waals surface area contributed by atoms with Gasteiger partial charge in [0.15, 0.2) is 5.82 Å². The van der Waals surface area contributed by atoms with Gasteiger partial charge in [-0.2, -0.15) is 10.3 Å². The normalized spacial score (nSPS) is 10.9. The average Bonchev–Trinajstić information content (AvgIpc) is 2.99. The number of carbonyl (C=O) groups is 1. The van der Waals surface area contributed by atoms with Crippen molar-refractivity contribution in [2.45, 2.75) is 26.7 Å². The van der Waals surface area contributed by atoms with Gasteiger partial charge in [0.1, 0.15) is 5.69 Å². The predicted molar refractivity (Wildman–Crippen MR) is 67.3 cm³/mol. The molecule has 0 aliphatic heterocycles. The second kappa shape index (κ2) is 6.07. The molecule has 0 radical (unpaired) electrons. The minimum absolute atomic E-state index is 0.199. The van der Waals surface area contributed by atoms with Crippen molar-refractivity contribution in [3.8, 4) is 0 Å². The summed E-state index contributed by atoms with van der Waals surface area (Å²) >= 11 is 0. The number of aromatic amines is 2. The summed E-state index contributed by atoms with van der Waals surface area (Å²) in [7, 11) is 0. The molecule has 0 aliphatic rings. The first-order valence-corrected chi connectivity index (χ1v) is 6.20. The summed E-state index contributed by atoms with van der Waals surface area (Å²) in [6.45, 7) is 4.68. The number of nitrogens with one attached hydrogen (secondary N) is 3. The SMILES string of the molecule is CC(C)Cc1cc(C(=O)NCCc2nn[nH]n2)n[nH]1. The zero-order valence-electron chi connectivity index (χ0n) is 11.0. The molecular weight excluding hydrogens is 246 g/mol. The number of carbonyl (C=O) groups excluding carboxylic acids is 1. The maximum atomic E-state index is 11.8. The van der Waals surface area contributed by atoms with Gasteiger partial charge in [-0.3, -0.25) is 9.89 Å². The molecule has 0 unspecified atom stereocenters. The molecule has 8 heteroatoms. The van der Waals surface area contributed by atoms with Gasteiger partial charge in [0, 0.05) is 18.7 Å². The van der Waals surface area contributed by atoms with E-state index in [1.807, 2.05) is 0 Å². The van der Waals surface area contributed by atoms with Crippen LogP contribution in [0.2, 0.25) is 0 Å². The van der Waals surface area contributed by atoms with E-state index in [4.69, 9.17) is 0 Å². The fraction of sp³-hybridized carbons (Fsp3) is 0.545. The number of hydrogen-bond donors (Lipinski definition) is 3. The van der Waals surface area contributed by atoms with Gasteiger partial charge in [-0.05, 0) is 18.4 Å². The Morgan fingerprint density at radius 3 is 2.95 bits per heavy atom. The largest absolute Gasteiger partial charge is 0.350 e. The Labute approximate surface area is 110 Å². The minimum Gasteiger partial charge on any atom is -0.350 e. The lowest BCUT2D eigenvalue weighted by atomic mass is 10.1. The zero-order chi connectivity index (χ0) is 13.7. The molecule has 0 spiro atoms. The number of rotatable bonds is 6. The highest BCUT2D eigenvalue weighted by Crippen LogP contribution is 2.06. The minimum atomic E-state index is -0.199. The van der Waals surface area contributed by atoms with Crippen molar-refractivity contribution in [1.29, 1.82) is 0 Å². The van der Waals surface area contributed by atoms with Crippen LogP contribution in [-0.2, 0) is 12.8 Å². The molecule has 0 aromatic carbocycles. The van der Waals surface area contributed by atoms with Crippen LogP contribution in [-0.4, -0.2) is 43.3 Å². The lowest BCUT2D eigenvalue weighted by molar-refractivity contribution is 0.0949. The van der Waals surface area contributed by atoms with Gasteiger partial charge in [-0.1, -0.05) is 19.1 Å². The van der Waals surface area contributed by atoms with Crippen LogP contribution < -0.4 is 5.32 Å². The Morgan fingerprint density at radius 1 is 1.42 bits per heavy atom. The van der Waals surface area contributed by atoms with Gasteiger partial charge in [-0.25, -0.2) is 0 Å². The summed E-state index contributed by atoms with van der Waals surface area (Å²) < 4.78 is 0. The number of amides is 1. The molecular formula is C11H17N7O. The first-order valence-electron chi connectivity index (χ1n) is 6.20. The molecule has 19 heavy (non-hydrogen) atoms. The van der Waals surface area contributed by atoms with E-state index >= 15 is 0 Å². The molecule has 0 bridgehead atoms. The molecule has 3 N–H and O–H groups in total. The molecule has 102 valence electrons. The quantitative estimate of drug-likeness (QED) is 0.684. The van der Waals surface area contributed by atoms with Crippen molar-refractivity contribution in [2.75, 3.05) is 6.54 Å². The van der Waals surface area contributed by atoms with Crippen LogP contribution in [0.3, 0.4) is 0 Å². The predicted octanol–water partition coefficient (Wildman–Crippen LogP) is 0.0938. The lowest BCUT2D eigenvalue weighted by Crippen LogP contribution is -2.26. The number of nitrogens with zero attached hydrogens (tertiary/aromatic N) is 4. The summed E-state index contributed by atoms with van der Waals surface area (Å²) in [6, 6.07) is 1.78. The molecule has 0 atom stereocenters. The van der Waals surface area contributed by atoms with Crippen LogP contribution >= 0.6 is 0 Å². The third-order valence-electron chi connectivity index (χ3n) is 2.52. The molecule has 0 saturated carbocycles. The van der Waals surface area contributed by atoms with Crippen molar-refractivity contribution in [3.05, 3.63) is 23.3 Å². The molecule has 2 heterocycles. The summed E-state index contributed by atoms with van der Waals surface area (Å²) in [5, 5.41) is 23.0. The Balaban J connectivity index is 1.81. The van der Waals surface area contributed by atoms with Crippen LogP contribution in [0, 0.1) is 5.92 Å². The maximum absolute atomic E-state index is 11.8. The zero-order valence-corrected chi connectivity index (χ0v) is 11.0. The molecule has 8 nitrogen and oxygen atoms in total. The van der Waals surface area contributed by atoms with Crippen LogP contribution in [0.15, 0.2) is 6.07 Å². The van der Waals surface area contributed by atoms with Crippen LogP contribution in [0.5, 0.6) is 0 Å². The molecule has 2 aromatic heterocycles. The van der Waals surface area contributed by atoms with Gasteiger partial charge >= 0.3 is 0 Å². The molecule has 1 amide bonds. The fourth-order valence-corrected chi connectivity index (χ4v) is 1.69. The highest BCUT2D eigenvalue weighted by Gasteiger charge is 2.11. The third kappa shape index (κ3) is 3.87. The van der Waals surface area contributed by atoms with Gasteiger partial charge in [0.25, 0.3) is 5.91 Å². The van der Waals surface area contributed by atoms with E-state index < -0.39 is 0 Å². The highest BCUT2D eigenvalue weighted by atomic mass is 16.1. The van der Waals surface area contributed by atoms with Gasteiger partial charge in [0.2, 0.25) is 0 Å². The summed E-state index contributed by atoms with van der Waals surface area (Å²) in [5.41, 5.74) is 1.38.